The molecule has 1 aliphatic rings. The Kier molecular flexibility index (Phi) is 4.70. The van der Waals surface area contributed by atoms with Gasteiger partial charge >= 0.3 is 6.09 Å². The highest BCUT2D eigenvalue weighted by molar-refractivity contribution is 5.92. The molecule has 1 saturated heterocycles. The number of aryl methyl sites for hydroxylation is 2. The van der Waals surface area contributed by atoms with Crippen molar-refractivity contribution in [2.75, 3.05) is 18.0 Å². The van der Waals surface area contributed by atoms with Crippen LogP contribution in [0.4, 0.5) is 10.5 Å². The lowest BCUT2D eigenvalue weighted by Crippen LogP contribution is -2.36. The second kappa shape index (κ2) is 6.93. The number of aldehydes is 1. The molecule has 2 N–H and O–H groups in total. The van der Waals surface area contributed by atoms with Crippen molar-refractivity contribution < 1.29 is 14.7 Å². The summed E-state index contributed by atoms with van der Waals surface area (Å²) in [4.78, 5) is 28.8. The highest BCUT2D eigenvalue weighted by Gasteiger charge is 2.27. The summed E-state index contributed by atoms with van der Waals surface area (Å²) in [7, 11) is 0. The first-order valence-corrected chi connectivity index (χ1v) is 8.24. The van der Waals surface area contributed by atoms with Crippen molar-refractivity contribution in [3.05, 3.63) is 47.3 Å². The Morgan fingerprint density at radius 1 is 1.28 bits per heavy atom. The van der Waals surface area contributed by atoms with Crippen LogP contribution in [0.15, 0.2) is 30.6 Å². The number of nitrogens with one attached hydrogen (secondary N) is 1. The smallest absolute Gasteiger partial charge is 0.404 e. The molecule has 6 nitrogen and oxygen atoms in total. The quantitative estimate of drug-likeness (QED) is 0.837. The van der Waals surface area contributed by atoms with E-state index in [0.717, 1.165) is 34.2 Å². The molecule has 2 aromatic rings. The third kappa shape index (κ3) is 3.63. The summed E-state index contributed by atoms with van der Waals surface area (Å²) in [5.74, 6) is 0. The van der Waals surface area contributed by atoms with Gasteiger partial charge in [0, 0.05) is 31.0 Å². The third-order valence-electron chi connectivity index (χ3n) is 4.44. The van der Waals surface area contributed by atoms with Crippen LogP contribution in [0.1, 0.15) is 27.9 Å². The number of pyridine rings is 1. The molecule has 0 unspecified atom stereocenters. The number of rotatable bonds is 4. The van der Waals surface area contributed by atoms with Crippen LogP contribution >= 0.6 is 0 Å². The molecule has 6 heteroatoms. The van der Waals surface area contributed by atoms with Crippen molar-refractivity contribution in [3.8, 4) is 11.1 Å². The summed E-state index contributed by atoms with van der Waals surface area (Å²) < 4.78 is 0. The maximum Gasteiger partial charge on any atom is 0.404 e. The van der Waals surface area contributed by atoms with Crippen molar-refractivity contribution in [2.24, 2.45) is 0 Å². The van der Waals surface area contributed by atoms with E-state index in [0.29, 0.717) is 25.1 Å². The van der Waals surface area contributed by atoms with Crippen molar-refractivity contribution >= 4 is 18.1 Å². The van der Waals surface area contributed by atoms with Gasteiger partial charge in [-0.05, 0) is 25.8 Å². The van der Waals surface area contributed by atoms with E-state index in [4.69, 9.17) is 5.11 Å². The number of hydrogen-bond donors (Lipinski definition) is 2. The highest BCUT2D eigenvalue weighted by atomic mass is 16.4. The highest BCUT2D eigenvalue weighted by Crippen LogP contribution is 2.35. The molecular formula is C19H21N3O3. The number of anilines is 1. The molecule has 1 fully saturated rings. The Morgan fingerprint density at radius 3 is 2.64 bits per heavy atom. The van der Waals surface area contributed by atoms with Gasteiger partial charge in [-0.1, -0.05) is 29.3 Å². The first kappa shape index (κ1) is 17.0. The number of amides is 1. The zero-order chi connectivity index (χ0) is 18.0. The Morgan fingerprint density at radius 2 is 2.00 bits per heavy atom. The predicted molar refractivity (Wildman–Crippen MR) is 96.3 cm³/mol. The predicted octanol–water partition coefficient (Wildman–Crippen LogP) is 3.02. The van der Waals surface area contributed by atoms with Crippen LogP contribution in [-0.2, 0) is 0 Å². The maximum absolute atomic E-state index is 11.6. The van der Waals surface area contributed by atoms with Gasteiger partial charge in [0.05, 0.1) is 17.3 Å². The van der Waals surface area contributed by atoms with Gasteiger partial charge in [0.2, 0.25) is 0 Å². The molecule has 0 radical (unpaired) electrons. The maximum atomic E-state index is 11.6. The van der Waals surface area contributed by atoms with Gasteiger partial charge in [0.15, 0.2) is 6.29 Å². The topological polar surface area (TPSA) is 82.5 Å². The van der Waals surface area contributed by atoms with Crippen molar-refractivity contribution in [1.29, 1.82) is 0 Å². The summed E-state index contributed by atoms with van der Waals surface area (Å²) in [6.45, 7) is 5.30. The molecule has 0 aliphatic carbocycles. The molecule has 2 heterocycles. The molecule has 0 saturated carbocycles. The minimum atomic E-state index is -1.02. The van der Waals surface area contributed by atoms with Crippen molar-refractivity contribution in [2.45, 2.75) is 26.3 Å². The standard InChI is InChI=1S/C19H21N3O3/c1-12-5-13(2)7-14(6-12)17-9-20-8-15(11-23)18(17)22-4-3-16(10-22)21-19(24)25/h5-9,11,16,21H,3-4,10H2,1-2H3,(H,24,25)/t16-/m0/s1. The number of carbonyl (C=O) groups is 2. The fourth-order valence-corrected chi connectivity index (χ4v) is 3.51. The lowest BCUT2D eigenvalue weighted by molar-refractivity contribution is 0.112. The number of hydrogen-bond acceptors (Lipinski definition) is 4. The Bertz CT molecular complexity index is 799. The van der Waals surface area contributed by atoms with Gasteiger partial charge in [-0.15, -0.1) is 0 Å². The third-order valence-corrected chi connectivity index (χ3v) is 4.44. The van der Waals surface area contributed by atoms with Crippen molar-refractivity contribution in [3.63, 3.8) is 0 Å². The van der Waals surface area contributed by atoms with Gasteiger partial charge in [-0.25, -0.2) is 4.79 Å². The first-order valence-electron chi connectivity index (χ1n) is 8.24. The van der Waals surface area contributed by atoms with Crippen LogP contribution in [0.3, 0.4) is 0 Å². The zero-order valence-electron chi connectivity index (χ0n) is 14.3. The lowest BCUT2D eigenvalue weighted by atomic mass is 9.98. The van der Waals surface area contributed by atoms with Crippen LogP contribution < -0.4 is 10.2 Å². The minimum Gasteiger partial charge on any atom is -0.465 e. The second-order valence-electron chi connectivity index (χ2n) is 6.50. The Hall–Kier alpha value is -2.89. The number of benzene rings is 1. The van der Waals surface area contributed by atoms with Gasteiger partial charge < -0.3 is 15.3 Å². The first-order chi connectivity index (χ1) is 12.0. The Balaban J connectivity index is 2.03. The van der Waals surface area contributed by atoms with Crippen LogP contribution in [0.2, 0.25) is 0 Å². The largest absolute Gasteiger partial charge is 0.465 e. The summed E-state index contributed by atoms with van der Waals surface area (Å²) in [5, 5.41) is 11.5. The summed E-state index contributed by atoms with van der Waals surface area (Å²) in [5.41, 5.74) is 5.54. The van der Waals surface area contributed by atoms with E-state index in [9.17, 15) is 9.59 Å². The minimum absolute atomic E-state index is 0.141. The van der Waals surface area contributed by atoms with Gasteiger partial charge in [-0.3, -0.25) is 9.78 Å². The van der Waals surface area contributed by atoms with Crippen LogP contribution in [0.25, 0.3) is 11.1 Å². The summed E-state index contributed by atoms with van der Waals surface area (Å²) >= 11 is 0. The lowest BCUT2D eigenvalue weighted by Gasteiger charge is -2.24. The molecule has 0 bridgehead atoms. The average Bonchev–Trinajstić information content (AvgIpc) is 3.00. The zero-order valence-corrected chi connectivity index (χ0v) is 14.3. The van der Waals surface area contributed by atoms with E-state index in [1.54, 1.807) is 12.4 Å². The Labute approximate surface area is 146 Å². The van der Waals surface area contributed by atoms with Crippen LogP contribution in [-0.4, -0.2) is 41.6 Å². The monoisotopic (exact) mass is 339 g/mol. The summed E-state index contributed by atoms with van der Waals surface area (Å²) in [6.07, 6.45) is 3.83. The van der Waals surface area contributed by atoms with E-state index in [1.165, 1.54) is 0 Å². The molecule has 1 aromatic carbocycles. The SMILES string of the molecule is Cc1cc(C)cc(-c2cncc(C=O)c2N2CC[C@H](NC(=O)O)C2)c1. The molecule has 3 rings (SSSR count). The average molecular weight is 339 g/mol. The fraction of sp³-hybridized carbons (Fsp3) is 0.316. The van der Waals surface area contributed by atoms with E-state index < -0.39 is 6.09 Å². The van der Waals surface area contributed by atoms with Gasteiger partial charge in [0.25, 0.3) is 0 Å². The van der Waals surface area contributed by atoms with Crippen LogP contribution in [0, 0.1) is 13.8 Å². The van der Waals surface area contributed by atoms with E-state index in [-0.39, 0.29) is 6.04 Å². The number of carboxylic acid groups (broad SMARTS) is 1. The molecule has 0 spiro atoms. The number of aromatic nitrogens is 1. The van der Waals surface area contributed by atoms with E-state index >= 15 is 0 Å². The van der Waals surface area contributed by atoms with Crippen molar-refractivity contribution in [1.82, 2.24) is 10.3 Å². The molecule has 1 amide bonds. The fourth-order valence-electron chi connectivity index (χ4n) is 3.51. The molecule has 1 aromatic heterocycles. The van der Waals surface area contributed by atoms with E-state index in [1.807, 2.05) is 13.8 Å². The molecule has 1 aliphatic heterocycles. The number of carbonyl (C=O) groups excluding carboxylic acids is 1. The molecular weight excluding hydrogens is 318 g/mol. The summed E-state index contributed by atoms with van der Waals surface area (Å²) in [6, 6.07) is 6.11. The molecule has 25 heavy (non-hydrogen) atoms. The molecule has 1 atom stereocenters. The number of nitrogens with zero attached hydrogens (tertiary/aromatic N) is 2. The van der Waals surface area contributed by atoms with Gasteiger partial charge in [0.1, 0.15) is 0 Å². The van der Waals surface area contributed by atoms with Gasteiger partial charge in [-0.2, -0.15) is 0 Å². The van der Waals surface area contributed by atoms with Crippen LogP contribution in [0.5, 0.6) is 0 Å². The molecule has 130 valence electrons. The van der Waals surface area contributed by atoms with E-state index in [2.05, 4.69) is 33.4 Å². The normalized spacial score (nSPS) is 16.7. The second-order valence-corrected chi connectivity index (χ2v) is 6.50.